The summed E-state index contributed by atoms with van der Waals surface area (Å²) in [4.78, 5) is 26.5. The lowest BCUT2D eigenvalue weighted by atomic mass is 10.1. The molecule has 0 fully saturated rings. The van der Waals surface area contributed by atoms with Crippen LogP contribution in [-0.4, -0.2) is 58.3 Å². The van der Waals surface area contributed by atoms with Gasteiger partial charge in [0.05, 0.1) is 34.2 Å². The molecule has 8 aromatic rings. The van der Waals surface area contributed by atoms with Crippen LogP contribution in [-0.2, 0) is 25.9 Å². The van der Waals surface area contributed by atoms with Gasteiger partial charge < -0.3 is 9.13 Å². The van der Waals surface area contributed by atoms with Crippen molar-refractivity contribution in [2.24, 2.45) is 0 Å². The maximum atomic E-state index is 14.9. The highest BCUT2D eigenvalue weighted by atomic mass is 19.1. The van der Waals surface area contributed by atoms with Gasteiger partial charge in [-0.1, -0.05) is 48.5 Å². The Morgan fingerprint density at radius 1 is 0.635 bits per heavy atom. The first-order valence-electron chi connectivity index (χ1n) is 17.1. The zero-order valence-electron chi connectivity index (χ0n) is 29.0. The summed E-state index contributed by atoms with van der Waals surface area (Å²) in [6, 6.07) is 16.3. The molecule has 2 aromatic carbocycles. The summed E-state index contributed by atoms with van der Waals surface area (Å²) in [5.74, 6) is 2.38. The molecular weight excluding hydrogens is 662 g/mol. The van der Waals surface area contributed by atoms with E-state index >= 15 is 0 Å². The number of imidazole rings is 2. The van der Waals surface area contributed by atoms with E-state index in [1.165, 1.54) is 11.1 Å². The van der Waals surface area contributed by atoms with Crippen molar-refractivity contribution < 1.29 is 8.78 Å². The van der Waals surface area contributed by atoms with Gasteiger partial charge in [0.15, 0.2) is 35.3 Å². The Hall–Kier alpha value is -6.18. The number of nitrogens with zero attached hydrogens (tertiary/aromatic N) is 12. The second-order valence-corrected chi connectivity index (χ2v) is 13.4. The summed E-state index contributed by atoms with van der Waals surface area (Å²) >= 11 is 0. The highest BCUT2D eigenvalue weighted by molar-refractivity contribution is 5.66. The molecule has 0 amide bonds. The van der Waals surface area contributed by atoms with Crippen LogP contribution in [0.25, 0.3) is 34.1 Å². The zero-order chi connectivity index (χ0) is 35.7. The SMILES string of the molecule is Cc1ncc(C)n2nc(C(F)Cc3cn4c(n3)-c3ccccc3C4)nc12.Cc1ncc(C)n2nc(CC(F)c3cn4c(n3)-c3ccccc3C4)nc12. The third-order valence-electron chi connectivity index (χ3n) is 9.65. The van der Waals surface area contributed by atoms with Gasteiger partial charge >= 0.3 is 0 Å². The molecule has 0 saturated carbocycles. The first kappa shape index (κ1) is 31.8. The fraction of sp³-hybridized carbons (Fsp3) is 0.263. The zero-order valence-corrected chi connectivity index (χ0v) is 29.0. The van der Waals surface area contributed by atoms with E-state index in [4.69, 9.17) is 0 Å². The number of aryl methyl sites for hydroxylation is 4. The van der Waals surface area contributed by atoms with Crippen molar-refractivity contribution in [2.75, 3.05) is 0 Å². The molecule has 2 aliphatic heterocycles. The molecule has 0 spiro atoms. The van der Waals surface area contributed by atoms with E-state index in [1.807, 2.05) is 68.8 Å². The maximum Gasteiger partial charge on any atom is 0.186 e. The number of fused-ring (bicyclic) bond motifs is 8. The van der Waals surface area contributed by atoms with Gasteiger partial charge in [0.2, 0.25) is 0 Å². The topological polar surface area (TPSA) is 122 Å². The summed E-state index contributed by atoms with van der Waals surface area (Å²) in [5, 5.41) is 8.75. The summed E-state index contributed by atoms with van der Waals surface area (Å²) in [7, 11) is 0. The predicted octanol–water partition coefficient (Wildman–Crippen LogP) is 6.44. The highest BCUT2D eigenvalue weighted by Gasteiger charge is 2.26. The van der Waals surface area contributed by atoms with E-state index < -0.39 is 12.3 Å². The van der Waals surface area contributed by atoms with Crippen LogP contribution in [0.15, 0.2) is 73.3 Å². The van der Waals surface area contributed by atoms with E-state index in [2.05, 4.69) is 62.9 Å². The average molecular weight is 697 g/mol. The van der Waals surface area contributed by atoms with Crippen LogP contribution in [0, 0.1) is 27.7 Å². The van der Waals surface area contributed by atoms with E-state index in [9.17, 15) is 8.78 Å². The standard InChI is InChI=1S/2C19H17FN6/c1-11-8-21-12(2)18-23-17(24-26(11)18)16(20)7-14-10-25-9-13-5-3-4-6-15(13)19(25)22-14;1-11-8-21-12(2)18-23-17(24-26(11)18)7-15(20)16-10-25-9-13-5-3-4-6-14(13)19(25)22-16/h3-6,8,10,16H,7,9H2,1-2H3;3-6,8,10,15H,7,9H2,1-2H3. The molecule has 8 heterocycles. The Kier molecular flexibility index (Phi) is 7.49. The summed E-state index contributed by atoms with van der Waals surface area (Å²) < 4.78 is 37.2. The van der Waals surface area contributed by atoms with Gasteiger partial charge in [0.25, 0.3) is 0 Å². The monoisotopic (exact) mass is 696 g/mol. The third-order valence-corrected chi connectivity index (χ3v) is 9.65. The van der Waals surface area contributed by atoms with Gasteiger partial charge in [-0.05, 0) is 38.8 Å². The number of aromatic nitrogens is 12. The summed E-state index contributed by atoms with van der Waals surface area (Å²) in [6.07, 6.45) is 4.88. The normalized spacial score (nSPS) is 13.8. The smallest absolute Gasteiger partial charge is 0.186 e. The van der Waals surface area contributed by atoms with Gasteiger partial charge in [0, 0.05) is 61.8 Å². The van der Waals surface area contributed by atoms with E-state index in [1.54, 1.807) is 27.6 Å². The van der Waals surface area contributed by atoms with Crippen molar-refractivity contribution in [2.45, 2.75) is 66.0 Å². The highest BCUT2D eigenvalue weighted by Crippen LogP contribution is 2.34. The Balaban J connectivity index is 0.000000138. The molecule has 0 aliphatic carbocycles. The second kappa shape index (κ2) is 12.2. The molecule has 52 heavy (non-hydrogen) atoms. The van der Waals surface area contributed by atoms with Gasteiger partial charge in [-0.15, -0.1) is 5.10 Å². The molecule has 14 heteroatoms. The largest absolute Gasteiger partial charge is 0.326 e. The van der Waals surface area contributed by atoms with E-state index in [-0.39, 0.29) is 18.7 Å². The number of rotatable bonds is 6. The van der Waals surface area contributed by atoms with Crippen molar-refractivity contribution in [1.82, 2.24) is 58.3 Å². The molecule has 0 N–H and O–H groups in total. The molecule has 2 unspecified atom stereocenters. The quantitative estimate of drug-likeness (QED) is 0.195. The number of hydrogen-bond acceptors (Lipinski definition) is 8. The Morgan fingerprint density at radius 3 is 1.85 bits per heavy atom. The Morgan fingerprint density at radius 2 is 1.21 bits per heavy atom. The van der Waals surface area contributed by atoms with Crippen molar-refractivity contribution in [1.29, 1.82) is 0 Å². The van der Waals surface area contributed by atoms with Crippen LogP contribution in [0.2, 0.25) is 0 Å². The van der Waals surface area contributed by atoms with Crippen LogP contribution in [0.3, 0.4) is 0 Å². The van der Waals surface area contributed by atoms with Gasteiger partial charge in [-0.25, -0.2) is 37.7 Å². The number of alkyl halides is 2. The van der Waals surface area contributed by atoms with Crippen molar-refractivity contribution in [3.8, 4) is 22.8 Å². The van der Waals surface area contributed by atoms with E-state index in [0.29, 0.717) is 28.5 Å². The van der Waals surface area contributed by atoms with Crippen LogP contribution in [0.4, 0.5) is 8.78 Å². The lowest BCUT2D eigenvalue weighted by Gasteiger charge is -2.02. The third kappa shape index (κ3) is 5.41. The van der Waals surface area contributed by atoms with E-state index in [0.717, 1.165) is 58.6 Å². The van der Waals surface area contributed by atoms with Crippen LogP contribution in [0.1, 0.15) is 69.3 Å². The Bertz CT molecular complexity index is 2570. The molecule has 0 saturated heterocycles. The van der Waals surface area contributed by atoms with Gasteiger partial charge in [0.1, 0.15) is 11.6 Å². The fourth-order valence-electron chi connectivity index (χ4n) is 6.95. The molecule has 10 rings (SSSR count). The molecule has 2 atom stereocenters. The molecular formula is C38H34F2N12. The average Bonchev–Trinajstić information content (AvgIpc) is 3.98. The summed E-state index contributed by atoms with van der Waals surface area (Å²) in [6.45, 7) is 9.02. The van der Waals surface area contributed by atoms with Crippen molar-refractivity contribution in [3.05, 3.63) is 130 Å². The Labute approximate surface area is 296 Å². The minimum Gasteiger partial charge on any atom is -0.326 e. The minimum atomic E-state index is -1.31. The van der Waals surface area contributed by atoms with Crippen molar-refractivity contribution >= 4 is 11.3 Å². The maximum absolute atomic E-state index is 14.9. The number of halogens is 2. The lowest BCUT2D eigenvalue weighted by Crippen LogP contribution is -2.01. The van der Waals surface area contributed by atoms with Gasteiger partial charge in [-0.2, -0.15) is 5.10 Å². The van der Waals surface area contributed by atoms with Crippen LogP contribution in [0.5, 0.6) is 0 Å². The molecule has 260 valence electrons. The van der Waals surface area contributed by atoms with Crippen LogP contribution >= 0.6 is 0 Å². The number of hydrogen-bond donors (Lipinski definition) is 0. The predicted molar refractivity (Wildman–Crippen MR) is 189 cm³/mol. The molecule has 6 aromatic heterocycles. The van der Waals surface area contributed by atoms with Crippen molar-refractivity contribution in [3.63, 3.8) is 0 Å². The molecule has 2 aliphatic rings. The van der Waals surface area contributed by atoms with Crippen LogP contribution < -0.4 is 0 Å². The minimum absolute atomic E-state index is 0.0959. The molecule has 0 bridgehead atoms. The summed E-state index contributed by atoms with van der Waals surface area (Å²) in [5.41, 5.74) is 10.3. The number of benzene rings is 2. The first-order chi connectivity index (χ1) is 25.2. The first-order valence-corrected chi connectivity index (χ1v) is 17.1. The second-order valence-electron chi connectivity index (χ2n) is 13.4. The fourth-order valence-corrected chi connectivity index (χ4v) is 6.95. The molecule has 12 nitrogen and oxygen atoms in total. The van der Waals surface area contributed by atoms with Gasteiger partial charge in [-0.3, -0.25) is 9.97 Å². The lowest BCUT2D eigenvalue weighted by molar-refractivity contribution is 0.324. The molecule has 0 radical (unpaired) electrons.